The Bertz CT molecular complexity index is 445. The van der Waals surface area contributed by atoms with Crippen LogP contribution in [-0.4, -0.2) is 76.0 Å². The normalized spacial score (nSPS) is 12.0. The molecule has 0 saturated carbocycles. The minimum Gasteiger partial charge on any atom is -0.469 e. The largest absolute Gasteiger partial charge is 0.469 e. The van der Waals surface area contributed by atoms with Crippen molar-refractivity contribution in [2.75, 3.05) is 46.7 Å². The van der Waals surface area contributed by atoms with E-state index in [-0.39, 0.29) is 25.2 Å². The summed E-state index contributed by atoms with van der Waals surface area (Å²) in [4.78, 5) is 22.2. The standard InChI is InChI=1S/C12H23NO7S/c1-13(2,7-4-10-21(16,17)18)8-9-20-12(15)6-5-11(14)19-3/h4-10H2,1-3H3/p+1. The molecule has 0 atom stereocenters. The Balaban J connectivity index is 3.87. The van der Waals surface area contributed by atoms with Crippen LogP contribution in [0, 0.1) is 0 Å². The van der Waals surface area contributed by atoms with E-state index in [1.54, 1.807) is 0 Å². The van der Waals surface area contributed by atoms with Gasteiger partial charge in [0.1, 0.15) is 13.2 Å². The van der Waals surface area contributed by atoms with Crippen LogP contribution in [0.3, 0.4) is 0 Å². The molecule has 9 heteroatoms. The third kappa shape index (κ3) is 12.3. The molecular weight excluding hydrogens is 302 g/mol. The molecular formula is C12H24NO7S+. The molecule has 0 radical (unpaired) electrons. The summed E-state index contributed by atoms with van der Waals surface area (Å²) in [5.74, 6) is -1.22. The Morgan fingerprint density at radius 2 is 1.67 bits per heavy atom. The summed E-state index contributed by atoms with van der Waals surface area (Å²) >= 11 is 0. The minimum atomic E-state index is -3.94. The number of hydrogen-bond donors (Lipinski definition) is 1. The van der Waals surface area contributed by atoms with Crippen LogP contribution < -0.4 is 0 Å². The van der Waals surface area contributed by atoms with Crippen LogP contribution in [0.25, 0.3) is 0 Å². The highest BCUT2D eigenvalue weighted by molar-refractivity contribution is 7.85. The van der Waals surface area contributed by atoms with Crippen molar-refractivity contribution < 1.29 is 36.5 Å². The summed E-state index contributed by atoms with van der Waals surface area (Å²) in [5.41, 5.74) is 0. The van der Waals surface area contributed by atoms with Crippen molar-refractivity contribution in [3.05, 3.63) is 0 Å². The van der Waals surface area contributed by atoms with Gasteiger partial charge in [0.2, 0.25) is 0 Å². The molecule has 0 spiro atoms. The number of methoxy groups -OCH3 is 1. The summed E-state index contributed by atoms with van der Waals surface area (Å²) < 4.78 is 39.7. The summed E-state index contributed by atoms with van der Waals surface area (Å²) in [5, 5.41) is 0. The van der Waals surface area contributed by atoms with E-state index in [1.807, 2.05) is 14.1 Å². The zero-order valence-electron chi connectivity index (χ0n) is 12.7. The van der Waals surface area contributed by atoms with E-state index in [4.69, 9.17) is 9.29 Å². The van der Waals surface area contributed by atoms with Gasteiger partial charge in [-0.25, -0.2) is 0 Å². The van der Waals surface area contributed by atoms with E-state index >= 15 is 0 Å². The third-order valence-electron chi connectivity index (χ3n) is 2.89. The van der Waals surface area contributed by atoms with Crippen molar-refractivity contribution in [2.24, 2.45) is 0 Å². The van der Waals surface area contributed by atoms with Crippen LogP contribution in [0.4, 0.5) is 0 Å². The maximum atomic E-state index is 11.3. The van der Waals surface area contributed by atoms with E-state index in [0.717, 1.165) is 0 Å². The Morgan fingerprint density at radius 1 is 1.10 bits per heavy atom. The van der Waals surface area contributed by atoms with Crippen LogP contribution in [0.5, 0.6) is 0 Å². The van der Waals surface area contributed by atoms with Crippen LogP contribution in [0.15, 0.2) is 0 Å². The number of nitrogens with zero attached hydrogens (tertiary/aromatic N) is 1. The van der Waals surface area contributed by atoms with Crippen LogP contribution >= 0.6 is 0 Å². The van der Waals surface area contributed by atoms with Gasteiger partial charge in [-0.15, -0.1) is 0 Å². The molecule has 0 aromatic carbocycles. The Hall–Kier alpha value is -1.19. The zero-order chi connectivity index (χ0) is 16.5. The van der Waals surface area contributed by atoms with E-state index in [2.05, 4.69) is 4.74 Å². The molecule has 0 fully saturated rings. The monoisotopic (exact) mass is 326 g/mol. The molecule has 124 valence electrons. The highest BCUT2D eigenvalue weighted by Gasteiger charge is 2.17. The third-order valence-corrected chi connectivity index (χ3v) is 3.69. The van der Waals surface area contributed by atoms with Crippen molar-refractivity contribution >= 4 is 22.1 Å². The fourth-order valence-corrected chi connectivity index (χ4v) is 2.07. The summed E-state index contributed by atoms with van der Waals surface area (Å²) in [6, 6.07) is 0. The van der Waals surface area contributed by atoms with Gasteiger partial charge in [0.25, 0.3) is 10.1 Å². The van der Waals surface area contributed by atoms with E-state index in [1.165, 1.54) is 7.11 Å². The van der Waals surface area contributed by atoms with Gasteiger partial charge in [-0.2, -0.15) is 8.42 Å². The predicted molar refractivity (Wildman–Crippen MR) is 75.1 cm³/mol. The molecule has 0 aliphatic rings. The predicted octanol–water partition coefficient (Wildman–Crippen LogP) is -0.163. The topological polar surface area (TPSA) is 107 Å². The molecule has 0 aliphatic carbocycles. The van der Waals surface area contributed by atoms with Gasteiger partial charge in [-0.3, -0.25) is 14.1 Å². The lowest BCUT2D eigenvalue weighted by molar-refractivity contribution is -0.890. The minimum absolute atomic E-state index is 0.0120. The van der Waals surface area contributed by atoms with Crippen LogP contribution in [-0.2, 0) is 29.2 Å². The number of carbonyl (C=O) groups excluding carboxylic acids is 2. The fourth-order valence-electron chi connectivity index (χ4n) is 1.57. The first-order valence-electron chi connectivity index (χ1n) is 6.55. The van der Waals surface area contributed by atoms with Crippen molar-refractivity contribution in [1.29, 1.82) is 0 Å². The quantitative estimate of drug-likeness (QED) is 0.337. The summed E-state index contributed by atoms with van der Waals surface area (Å²) in [7, 11) is 1.05. The van der Waals surface area contributed by atoms with Gasteiger partial charge in [0, 0.05) is 6.42 Å². The van der Waals surface area contributed by atoms with Gasteiger partial charge in [0.05, 0.1) is 46.3 Å². The fraction of sp³-hybridized carbons (Fsp3) is 0.833. The number of hydrogen-bond acceptors (Lipinski definition) is 6. The molecule has 0 amide bonds. The number of quaternary nitrogens is 1. The second-order valence-corrected chi connectivity index (χ2v) is 6.89. The molecule has 0 aliphatic heterocycles. The molecule has 21 heavy (non-hydrogen) atoms. The van der Waals surface area contributed by atoms with Gasteiger partial charge in [-0.1, -0.05) is 0 Å². The molecule has 0 saturated heterocycles. The zero-order valence-corrected chi connectivity index (χ0v) is 13.5. The van der Waals surface area contributed by atoms with Crippen molar-refractivity contribution in [3.8, 4) is 0 Å². The maximum absolute atomic E-state index is 11.3. The SMILES string of the molecule is COC(=O)CCC(=O)OCC[N+](C)(C)CCCS(=O)(=O)O. The number of rotatable bonds is 10. The maximum Gasteiger partial charge on any atom is 0.306 e. The molecule has 0 aromatic heterocycles. The number of ether oxygens (including phenoxy) is 2. The lowest BCUT2D eigenvalue weighted by atomic mass is 10.3. The molecule has 0 heterocycles. The molecule has 0 rings (SSSR count). The molecule has 8 nitrogen and oxygen atoms in total. The van der Waals surface area contributed by atoms with E-state index < -0.39 is 22.1 Å². The second-order valence-electron chi connectivity index (χ2n) is 5.32. The van der Waals surface area contributed by atoms with Crippen LogP contribution in [0.2, 0.25) is 0 Å². The lowest BCUT2D eigenvalue weighted by Gasteiger charge is -2.29. The number of likely N-dealkylation sites (N-methyl/N-ethyl adjacent to an activating group) is 1. The summed E-state index contributed by atoms with van der Waals surface area (Å²) in [6.45, 7) is 1.22. The molecule has 1 N–H and O–H groups in total. The smallest absolute Gasteiger partial charge is 0.306 e. The highest BCUT2D eigenvalue weighted by Crippen LogP contribution is 2.02. The molecule has 0 bridgehead atoms. The Morgan fingerprint density at radius 3 is 2.19 bits per heavy atom. The Labute approximate surface area is 125 Å². The van der Waals surface area contributed by atoms with Crippen molar-refractivity contribution in [3.63, 3.8) is 0 Å². The average Bonchev–Trinajstić information content (AvgIpc) is 2.33. The number of carbonyl (C=O) groups is 2. The van der Waals surface area contributed by atoms with Gasteiger partial charge in [0.15, 0.2) is 0 Å². The van der Waals surface area contributed by atoms with Gasteiger partial charge < -0.3 is 14.0 Å². The first-order chi connectivity index (χ1) is 9.56. The molecule has 0 aromatic rings. The van der Waals surface area contributed by atoms with Crippen molar-refractivity contribution in [1.82, 2.24) is 0 Å². The van der Waals surface area contributed by atoms with Gasteiger partial charge in [-0.05, 0) is 0 Å². The summed E-state index contributed by atoms with van der Waals surface area (Å²) in [6.07, 6.45) is 0.285. The first kappa shape index (κ1) is 19.8. The highest BCUT2D eigenvalue weighted by atomic mass is 32.2. The van der Waals surface area contributed by atoms with Crippen molar-refractivity contribution in [2.45, 2.75) is 19.3 Å². The van der Waals surface area contributed by atoms with E-state index in [9.17, 15) is 18.0 Å². The Kier molecular flexibility index (Phi) is 8.45. The van der Waals surface area contributed by atoms with Crippen LogP contribution in [0.1, 0.15) is 19.3 Å². The van der Waals surface area contributed by atoms with E-state index in [0.29, 0.717) is 24.0 Å². The number of esters is 2. The average molecular weight is 326 g/mol. The molecule has 0 unspecified atom stereocenters. The lowest BCUT2D eigenvalue weighted by Crippen LogP contribution is -2.43. The second kappa shape index (κ2) is 8.96. The van der Waals surface area contributed by atoms with Gasteiger partial charge >= 0.3 is 11.9 Å². The first-order valence-corrected chi connectivity index (χ1v) is 8.16.